The highest BCUT2D eigenvalue weighted by atomic mass is 32.1. The zero-order valence-electron chi connectivity index (χ0n) is 40.6. The number of furan rings is 2. The summed E-state index contributed by atoms with van der Waals surface area (Å²) in [6, 6.07) is 85.7. The first-order valence-electron chi connectivity index (χ1n) is 25.5. The van der Waals surface area contributed by atoms with Gasteiger partial charge >= 0.3 is 0 Å². The quantitative estimate of drug-likeness (QED) is 0.159. The molecule has 0 amide bonds. The van der Waals surface area contributed by atoms with E-state index in [0.29, 0.717) is 17.5 Å². The molecular formula is C69H40N4O2S. The minimum absolute atomic E-state index is 0.548. The molecular weight excluding hydrogens is 949 g/mol. The van der Waals surface area contributed by atoms with Crippen LogP contribution in [0.1, 0.15) is 0 Å². The van der Waals surface area contributed by atoms with Crippen molar-refractivity contribution in [3.05, 3.63) is 243 Å². The summed E-state index contributed by atoms with van der Waals surface area (Å²) in [6.45, 7) is 0. The monoisotopic (exact) mass is 988 g/mol. The van der Waals surface area contributed by atoms with Gasteiger partial charge in [0, 0.05) is 86.0 Å². The highest BCUT2D eigenvalue weighted by molar-refractivity contribution is 7.26. The van der Waals surface area contributed by atoms with Crippen LogP contribution in [0.15, 0.2) is 251 Å². The molecule has 0 atom stereocenters. The van der Waals surface area contributed by atoms with Gasteiger partial charge in [0.15, 0.2) is 17.5 Å². The SMILES string of the molecule is c1ccc(-c2nc(-c3ccc4c(c3)oc3c(-c5ccccc5)cccc34)nc(-c3cccc4oc5ccc(-c6cc(-c7ccc8c(c7)c7ccccc7n8-c7ccccc7)c7sc8ccccc8c7c6)cc5c34)n2)cc1. The molecule has 0 aliphatic rings. The number of hydrogen-bond acceptors (Lipinski definition) is 6. The van der Waals surface area contributed by atoms with Crippen molar-refractivity contribution in [2.45, 2.75) is 0 Å². The highest BCUT2D eigenvalue weighted by Gasteiger charge is 2.22. The van der Waals surface area contributed by atoms with Crippen LogP contribution in [0.2, 0.25) is 0 Å². The summed E-state index contributed by atoms with van der Waals surface area (Å²) in [7, 11) is 0. The van der Waals surface area contributed by atoms with Crippen LogP contribution >= 0.6 is 11.3 Å². The Morgan fingerprint density at radius 3 is 1.82 bits per heavy atom. The first-order valence-corrected chi connectivity index (χ1v) is 26.3. The molecule has 0 unspecified atom stereocenters. The summed E-state index contributed by atoms with van der Waals surface area (Å²) >= 11 is 1.86. The number of nitrogens with zero attached hydrogens (tertiary/aromatic N) is 4. The number of thiophene rings is 1. The molecule has 5 heterocycles. The standard InChI is InChI=1S/C69H40N4O2S/c1-4-16-41(17-5-1)48-24-14-25-52-50-33-30-45(40-62(50)75-65(48)52)68-70-67(42-18-6-2-7-19-42)71-69(72-68)53-26-15-28-61-64(53)57-36-43(32-35-60(57)74-61)46-38-54(66-56(39-46)51-23-11-13-29-63(51)76-66)44-31-34-59-55(37-44)49-22-10-12-27-58(49)73(59)47-20-8-3-9-21-47/h1-40H. The Balaban J connectivity index is 0.864. The molecule has 0 saturated heterocycles. The van der Waals surface area contributed by atoms with Gasteiger partial charge in [-0.25, -0.2) is 15.0 Å². The highest BCUT2D eigenvalue weighted by Crippen LogP contribution is 2.46. The van der Waals surface area contributed by atoms with E-state index in [2.05, 4.69) is 199 Å². The lowest BCUT2D eigenvalue weighted by Gasteiger charge is -2.11. The van der Waals surface area contributed by atoms with Crippen molar-refractivity contribution in [3.8, 4) is 73.2 Å². The van der Waals surface area contributed by atoms with Crippen LogP contribution in [-0.4, -0.2) is 19.5 Å². The fourth-order valence-electron chi connectivity index (χ4n) is 11.5. The number of benzene rings is 11. The molecule has 16 aromatic rings. The van der Waals surface area contributed by atoms with Crippen molar-refractivity contribution >= 4 is 97.2 Å². The summed E-state index contributed by atoms with van der Waals surface area (Å²) < 4.78 is 18.3. The fourth-order valence-corrected chi connectivity index (χ4v) is 12.7. The minimum Gasteiger partial charge on any atom is -0.456 e. The van der Waals surface area contributed by atoms with E-state index >= 15 is 0 Å². The number of para-hydroxylation sites is 3. The van der Waals surface area contributed by atoms with Crippen molar-refractivity contribution in [2.24, 2.45) is 0 Å². The predicted molar refractivity (Wildman–Crippen MR) is 314 cm³/mol. The lowest BCUT2D eigenvalue weighted by atomic mass is 9.94. The van der Waals surface area contributed by atoms with Crippen molar-refractivity contribution in [3.63, 3.8) is 0 Å². The van der Waals surface area contributed by atoms with Crippen molar-refractivity contribution in [1.29, 1.82) is 0 Å². The maximum atomic E-state index is 6.71. The molecule has 0 spiro atoms. The Labute approximate surface area is 439 Å². The topological polar surface area (TPSA) is 69.9 Å². The van der Waals surface area contributed by atoms with E-state index in [1.807, 2.05) is 59.9 Å². The van der Waals surface area contributed by atoms with Crippen LogP contribution in [0.25, 0.3) is 159 Å². The third-order valence-electron chi connectivity index (χ3n) is 15.1. The maximum absolute atomic E-state index is 6.71. The van der Waals surface area contributed by atoms with Crippen LogP contribution in [0.3, 0.4) is 0 Å². The molecule has 0 bridgehead atoms. The van der Waals surface area contributed by atoms with E-state index in [9.17, 15) is 0 Å². The van der Waals surface area contributed by atoms with Gasteiger partial charge in [-0.15, -0.1) is 11.3 Å². The molecule has 7 heteroatoms. The molecule has 16 rings (SSSR count). The zero-order chi connectivity index (χ0) is 49.8. The number of rotatable bonds is 7. The van der Waals surface area contributed by atoms with Crippen LogP contribution in [0.5, 0.6) is 0 Å². The summed E-state index contributed by atoms with van der Waals surface area (Å²) in [4.78, 5) is 15.7. The van der Waals surface area contributed by atoms with E-state index in [-0.39, 0.29) is 0 Å². The maximum Gasteiger partial charge on any atom is 0.164 e. The number of aromatic nitrogens is 4. The molecule has 11 aromatic carbocycles. The van der Waals surface area contributed by atoms with Gasteiger partial charge in [0.05, 0.1) is 11.0 Å². The second kappa shape index (κ2) is 16.8. The summed E-state index contributed by atoms with van der Waals surface area (Å²) in [6.07, 6.45) is 0. The Morgan fingerprint density at radius 2 is 0.961 bits per heavy atom. The van der Waals surface area contributed by atoms with Gasteiger partial charge in [0.1, 0.15) is 22.3 Å². The van der Waals surface area contributed by atoms with E-state index in [0.717, 1.165) is 88.5 Å². The molecule has 354 valence electrons. The molecule has 0 aliphatic heterocycles. The van der Waals surface area contributed by atoms with E-state index in [4.69, 9.17) is 23.8 Å². The third-order valence-corrected chi connectivity index (χ3v) is 16.3. The Bertz CT molecular complexity index is 4990. The summed E-state index contributed by atoms with van der Waals surface area (Å²) in [5, 5.41) is 8.96. The summed E-state index contributed by atoms with van der Waals surface area (Å²) in [5.74, 6) is 1.68. The van der Waals surface area contributed by atoms with Gasteiger partial charge in [0.2, 0.25) is 0 Å². The van der Waals surface area contributed by atoms with E-state index < -0.39 is 0 Å². The van der Waals surface area contributed by atoms with E-state index in [1.165, 1.54) is 53.1 Å². The third kappa shape index (κ3) is 6.69. The van der Waals surface area contributed by atoms with Gasteiger partial charge in [-0.3, -0.25) is 0 Å². The first-order chi connectivity index (χ1) is 37.6. The van der Waals surface area contributed by atoms with Crippen LogP contribution in [0, 0.1) is 0 Å². The molecule has 0 aliphatic carbocycles. The summed E-state index contributed by atoms with van der Waals surface area (Å²) in [5.41, 5.74) is 16.0. The normalized spacial score (nSPS) is 11.9. The Kier molecular flexibility index (Phi) is 9.40. The number of hydrogen-bond donors (Lipinski definition) is 0. The molecule has 0 N–H and O–H groups in total. The van der Waals surface area contributed by atoms with Crippen molar-refractivity contribution < 1.29 is 8.83 Å². The lowest BCUT2D eigenvalue weighted by molar-refractivity contribution is 0.669. The zero-order valence-corrected chi connectivity index (χ0v) is 41.4. The molecule has 0 saturated carbocycles. The van der Waals surface area contributed by atoms with Crippen LogP contribution in [0.4, 0.5) is 0 Å². The minimum atomic E-state index is 0.548. The Hall–Kier alpha value is -9.95. The average Bonchev–Trinajstić information content (AvgIpc) is 4.26. The van der Waals surface area contributed by atoms with E-state index in [1.54, 1.807) is 0 Å². The van der Waals surface area contributed by atoms with Crippen molar-refractivity contribution in [2.75, 3.05) is 0 Å². The van der Waals surface area contributed by atoms with Gasteiger partial charge in [-0.1, -0.05) is 164 Å². The molecule has 6 nitrogen and oxygen atoms in total. The van der Waals surface area contributed by atoms with Crippen molar-refractivity contribution in [1.82, 2.24) is 19.5 Å². The second-order valence-corrected chi connectivity index (χ2v) is 20.5. The number of fused-ring (bicyclic) bond motifs is 12. The van der Waals surface area contributed by atoms with Gasteiger partial charge in [0.25, 0.3) is 0 Å². The fraction of sp³-hybridized carbons (Fsp3) is 0. The largest absolute Gasteiger partial charge is 0.456 e. The average molecular weight is 989 g/mol. The molecule has 76 heavy (non-hydrogen) atoms. The smallest absolute Gasteiger partial charge is 0.164 e. The first kappa shape index (κ1) is 42.5. The molecule has 0 fully saturated rings. The van der Waals surface area contributed by atoms with Gasteiger partial charge in [-0.05, 0) is 101 Å². The second-order valence-electron chi connectivity index (χ2n) is 19.4. The van der Waals surface area contributed by atoms with Gasteiger partial charge in [-0.2, -0.15) is 0 Å². The van der Waals surface area contributed by atoms with Gasteiger partial charge < -0.3 is 13.4 Å². The molecule has 5 aromatic heterocycles. The lowest BCUT2D eigenvalue weighted by Crippen LogP contribution is -2.00. The van der Waals surface area contributed by atoms with Crippen LogP contribution < -0.4 is 0 Å². The Morgan fingerprint density at radius 1 is 0.316 bits per heavy atom. The van der Waals surface area contributed by atoms with Crippen LogP contribution in [-0.2, 0) is 0 Å². The molecule has 0 radical (unpaired) electrons. The predicted octanol–water partition coefficient (Wildman–Crippen LogP) is 19.1.